The minimum absolute atomic E-state index is 0.0601. The first-order valence-electron chi connectivity index (χ1n) is 8.99. The normalized spacial score (nSPS) is 30.1. The van der Waals surface area contributed by atoms with Gasteiger partial charge in [0, 0.05) is 49.6 Å². The van der Waals surface area contributed by atoms with Gasteiger partial charge in [0.15, 0.2) is 0 Å². The summed E-state index contributed by atoms with van der Waals surface area (Å²) >= 11 is 1.62. The fourth-order valence-corrected chi connectivity index (χ4v) is 5.18. The van der Waals surface area contributed by atoms with Crippen molar-refractivity contribution in [2.75, 3.05) is 26.2 Å². The Balaban J connectivity index is 1.63. The summed E-state index contributed by atoms with van der Waals surface area (Å²) in [6.45, 7) is 7.15. The standard InChI is InChI=1S/C18H25N3O2S/c1-12(2)9-20-7-5-18(17(20)23)11-21(16(22)13-3-4-13)10-14(18)15-19-6-8-24-15/h6,8,12-14H,3-5,7,9-11H2,1-2H3/t14-,18+/m0/s1. The largest absolute Gasteiger partial charge is 0.342 e. The molecule has 2 aliphatic heterocycles. The van der Waals surface area contributed by atoms with Gasteiger partial charge in [-0.05, 0) is 25.2 Å². The zero-order valence-electron chi connectivity index (χ0n) is 14.4. The van der Waals surface area contributed by atoms with Crippen LogP contribution in [-0.4, -0.2) is 52.8 Å². The first-order chi connectivity index (χ1) is 11.5. The summed E-state index contributed by atoms with van der Waals surface area (Å²) in [5.74, 6) is 1.23. The smallest absolute Gasteiger partial charge is 0.231 e. The SMILES string of the molecule is CC(C)CN1CC[C@]2(CN(C(=O)C3CC3)C[C@H]2c2nccs2)C1=O. The Labute approximate surface area is 147 Å². The van der Waals surface area contributed by atoms with E-state index < -0.39 is 5.41 Å². The number of carbonyl (C=O) groups is 2. The third kappa shape index (κ3) is 2.55. The molecule has 130 valence electrons. The molecule has 1 spiro atoms. The van der Waals surface area contributed by atoms with Crippen LogP contribution in [0.25, 0.3) is 0 Å². The van der Waals surface area contributed by atoms with Gasteiger partial charge in [0.05, 0.1) is 10.4 Å². The number of likely N-dealkylation sites (tertiary alicyclic amines) is 2. The Bertz CT molecular complexity index is 641. The van der Waals surface area contributed by atoms with Crippen molar-refractivity contribution in [3.63, 3.8) is 0 Å². The maximum absolute atomic E-state index is 13.3. The molecule has 1 aliphatic carbocycles. The van der Waals surface area contributed by atoms with Crippen LogP contribution in [0.15, 0.2) is 11.6 Å². The number of thiazole rings is 1. The minimum Gasteiger partial charge on any atom is -0.342 e. The first-order valence-corrected chi connectivity index (χ1v) is 9.87. The highest BCUT2D eigenvalue weighted by Gasteiger charge is 2.59. The molecular formula is C18H25N3O2S. The van der Waals surface area contributed by atoms with E-state index in [0.717, 1.165) is 37.4 Å². The van der Waals surface area contributed by atoms with E-state index in [9.17, 15) is 9.59 Å². The minimum atomic E-state index is -0.447. The second-order valence-electron chi connectivity index (χ2n) is 7.97. The molecule has 6 heteroatoms. The maximum Gasteiger partial charge on any atom is 0.231 e. The third-order valence-corrected chi connectivity index (χ3v) is 6.55. The zero-order valence-corrected chi connectivity index (χ0v) is 15.2. The molecule has 1 aromatic heterocycles. The van der Waals surface area contributed by atoms with E-state index in [1.165, 1.54) is 0 Å². The average molecular weight is 347 g/mol. The van der Waals surface area contributed by atoms with Gasteiger partial charge in [-0.3, -0.25) is 9.59 Å². The van der Waals surface area contributed by atoms with Crippen molar-refractivity contribution < 1.29 is 9.59 Å². The molecule has 0 radical (unpaired) electrons. The summed E-state index contributed by atoms with van der Waals surface area (Å²) in [6, 6.07) is 0. The van der Waals surface area contributed by atoms with Gasteiger partial charge >= 0.3 is 0 Å². The van der Waals surface area contributed by atoms with E-state index in [2.05, 4.69) is 18.8 Å². The van der Waals surface area contributed by atoms with E-state index in [4.69, 9.17) is 0 Å². The molecule has 3 fully saturated rings. The fourth-order valence-electron chi connectivity index (χ4n) is 4.33. The third-order valence-electron chi connectivity index (χ3n) is 5.66. The van der Waals surface area contributed by atoms with Crippen molar-refractivity contribution in [1.82, 2.24) is 14.8 Å². The highest BCUT2D eigenvalue weighted by molar-refractivity contribution is 7.09. The molecule has 2 saturated heterocycles. The summed E-state index contributed by atoms with van der Waals surface area (Å²) < 4.78 is 0. The lowest BCUT2D eigenvalue weighted by Gasteiger charge is -2.28. The van der Waals surface area contributed by atoms with E-state index in [-0.39, 0.29) is 23.7 Å². The number of amides is 2. The number of hydrogen-bond donors (Lipinski definition) is 0. The van der Waals surface area contributed by atoms with Crippen molar-refractivity contribution in [2.45, 2.75) is 39.0 Å². The van der Waals surface area contributed by atoms with Crippen LogP contribution in [0.3, 0.4) is 0 Å². The van der Waals surface area contributed by atoms with Crippen LogP contribution in [0, 0.1) is 17.3 Å². The summed E-state index contributed by atoms with van der Waals surface area (Å²) in [7, 11) is 0. The van der Waals surface area contributed by atoms with Gasteiger partial charge in [-0.2, -0.15) is 0 Å². The van der Waals surface area contributed by atoms with Gasteiger partial charge in [0.1, 0.15) is 0 Å². The predicted octanol–water partition coefficient (Wildman–Crippen LogP) is 2.35. The molecule has 1 saturated carbocycles. The number of nitrogens with zero attached hydrogens (tertiary/aromatic N) is 3. The predicted molar refractivity (Wildman–Crippen MR) is 92.6 cm³/mol. The molecule has 2 amide bonds. The van der Waals surface area contributed by atoms with Crippen molar-refractivity contribution in [3.05, 3.63) is 16.6 Å². The van der Waals surface area contributed by atoms with Crippen molar-refractivity contribution in [2.24, 2.45) is 17.3 Å². The summed E-state index contributed by atoms with van der Waals surface area (Å²) in [5, 5.41) is 2.99. The van der Waals surface area contributed by atoms with Gasteiger partial charge in [-0.1, -0.05) is 13.8 Å². The van der Waals surface area contributed by atoms with Crippen LogP contribution < -0.4 is 0 Å². The quantitative estimate of drug-likeness (QED) is 0.840. The Morgan fingerprint density at radius 1 is 1.46 bits per heavy atom. The number of rotatable bonds is 4. The number of hydrogen-bond acceptors (Lipinski definition) is 4. The van der Waals surface area contributed by atoms with Crippen molar-refractivity contribution >= 4 is 23.2 Å². The first kappa shape index (κ1) is 16.1. The van der Waals surface area contributed by atoms with E-state index in [1.807, 2.05) is 21.4 Å². The molecule has 3 heterocycles. The lowest BCUT2D eigenvalue weighted by molar-refractivity contribution is -0.137. The van der Waals surface area contributed by atoms with Gasteiger partial charge in [0.2, 0.25) is 11.8 Å². The molecule has 0 N–H and O–H groups in total. The average Bonchev–Trinajstić information content (AvgIpc) is 3.00. The molecule has 24 heavy (non-hydrogen) atoms. The Hall–Kier alpha value is -1.43. The molecule has 0 unspecified atom stereocenters. The molecule has 5 nitrogen and oxygen atoms in total. The van der Waals surface area contributed by atoms with Crippen LogP contribution in [0.2, 0.25) is 0 Å². The highest BCUT2D eigenvalue weighted by atomic mass is 32.1. The molecular weight excluding hydrogens is 322 g/mol. The monoisotopic (exact) mass is 347 g/mol. The lowest BCUT2D eigenvalue weighted by atomic mass is 9.77. The van der Waals surface area contributed by atoms with Crippen LogP contribution in [0.5, 0.6) is 0 Å². The van der Waals surface area contributed by atoms with Gasteiger partial charge in [-0.15, -0.1) is 11.3 Å². The van der Waals surface area contributed by atoms with Gasteiger partial charge < -0.3 is 9.80 Å². The molecule has 3 aliphatic rings. The molecule has 2 atom stereocenters. The maximum atomic E-state index is 13.3. The van der Waals surface area contributed by atoms with E-state index >= 15 is 0 Å². The van der Waals surface area contributed by atoms with Crippen LogP contribution in [-0.2, 0) is 9.59 Å². The Morgan fingerprint density at radius 3 is 2.88 bits per heavy atom. The molecule has 4 rings (SSSR count). The summed E-state index contributed by atoms with van der Waals surface area (Å²) in [4.78, 5) is 34.4. The topological polar surface area (TPSA) is 53.5 Å². The molecule has 0 aromatic carbocycles. The van der Waals surface area contributed by atoms with E-state index in [0.29, 0.717) is 19.0 Å². The highest BCUT2D eigenvalue weighted by Crippen LogP contribution is 2.51. The zero-order chi connectivity index (χ0) is 16.9. The van der Waals surface area contributed by atoms with Crippen molar-refractivity contribution in [1.29, 1.82) is 0 Å². The van der Waals surface area contributed by atoms with Crippen LogP contribution in [0.4, 0.5) is 0 Å². The van der Waals surface area contributed by atoms with E-state index in [1.54, 1.807) is 11.3 Å². The summed E-state index contributed by atoms with van der Waals surface area (Å²) in [5.41, 5.74) is -0.447. The molecule has 0 bridgehead atoms. The fraction of sp³-hybridized carbons (Fsp3) is 0.722. The Kier molecular flexibility index (Phi) is 3.90. The lowest BCUT2D eigenvalue weighted by Crippen LogP contribution is -2.41. The Morgan fingerprint density at radius 2 is 2.25 bits per heavy atom. The molecule has 1 aromatic rings. The second-order valence-corrected chi connectivity index (χ2v) is 8.89. The van der Waals surface area contributed by atoms with Crippen LogP contribution >= 0.6 is 11.3 Å². The van der Waals surface area contributed by atoms with Gasteiger partial charge in [0.25, 0.3) is 0 Å². The van der Waals surface area contributed by atoms with Crippen LogP contribution in [0.1, 0.15) is 44.0 Å². The summed E-state index contributed by atoms with van der Waals surface area (Å²) in [6.07, 6.45) is 4.68. The number of carbonyl (C=O) groups excluding carboxylic acids is 2. The van der Waals surface area contributed by atoms with Gasteiger partial charge in [-0.25, -0.2) is 4.98 Å². The van der Waals surface area contributed by atoms with Crippen molar-refractivity contribution in [3.8, 4) is 0 Å². The second kappa shape index (κ2) is 5.83. The number of aromatic nitrogens is 1.